The van der Waals surface area contributed by atoms with Crippen molar-refractivity contribution in [2.75, 3.05) is 6.54 Å². The lowest BCUT2D eigenvalue weighted by atomic mass is 10.1. The second kappa shape index (κ2) is 6.54. The molecule has 2 aromatic rings. The molecule has 0 spiro atoms. The molecular formula is C16H19N5O4S. The second-order valence-electron chi connectivity index (χ2n) is 6.12. The zero-order chi connectivity index (χ0) is 19.1. The minimum Gasteiger partial charge on any atom is -0.480 e. The van der Waals surface area contributed by atoms with Crippen LogP contribution in [-0.4, -0.2) is 47.3 Å². The Morgan fingerprint density at radius 3 is 2.73 bits per heavy atom. The van der Waals surface area contributed by atoms with Crippen molar-refractivity contribution < 1.29 is 18.3 Å². The summed E-state index contributed by atoms with van der Waals surface area (Å²) in [5, 5.41) is 10.5. The smallest absolute Gasteiger partial charge is 0.322 e. The molecule has 138 valence electrons. The molecule has 1 unspecified atom stereocenters. The SMILES string of the molecule is Cc1cnc(N=C(N)N)c2cc(S(=O)(=O)N3CCCC3C(=O)O)ccc12. The predicted octanol–water partition coefficient (Wildman–Crippen LogP) is 0.686. The first-order valence-electron chi connectivity index (χ1n) is 7.95. The standard InChI is InChI=1S/C16H19N5O4S/c1-9-8-19-14(20-16(17)18)12-7-10(4-5-11(9)12)26(24,25)21-6-2-3-13(21)15(22)23/h4-5,7-8,13H,2-3,6H2,1H3,(H,22,23)(H4,17,18,19,20). The highest BCUT2D eigenvalue weighted by Gasteiger charge is 2.39. The van der Waals surface area contributed by atoms with Gasteiger partial charge in [0.25, 0.3) is 0 Å². The van der Waals surface area contributed by atoms with Crippen LogP contribution in [0.5, 0.6) is 0 Å². The fourth-order valence-corrected chi connectivity index (χ4v) is 4.81. The van der Waals surface area contributed by atoms with Crippen LogP contribution in [0.4, 0.5) is 5.82 Å². The average Bonchev–Trinajstić information content (AvgIpc) is 3.07. The number of aliphatic carboxylic acids is 1. The lowest BCUT2D eigenvalue weighted by Crippen LogP contribution is -2.40. The number of nitrogens with zero attached hydrogens (tertiary/aromatic N) is 3. The van der Waals surface area contributed by atoms with E-state index in [2.05, 4.69) is 9.98 Å². The van der Waals surface area contributed by atoms with Crippen molar-refractivity contribution in [3.63, 3.8) is 0 Å². The van der Waals surface area contributed by atoms with E-state index in [0.717, 1.165) is 15.3 Å². The summed E-state index contributed by atoms with van der Waals surface area (Å²) >= 11 is 0. The molecule has 1 aliphatic heterocycles. The zero-order valence-corrected chi connectivity index (χ0v) is 14.9. The van der Waals surface area contributed by atoms with E-state index in [-0.39, 0.29) is 23.2 Å². The summed E-state index contributed by atoms with van der Waals surface area (Å²) in [7, 11) is -3.97. The first-order chi connectivity index (χ1) is 12.2. The van der Waals surface area contributed by atoms with Crippen molar-refractivity contribution in [2.24, 2.45) is 16.5 Å². The first kappa shape index (κ1) is 18.1. The van der Waals surface area contributed by atoms with E-state index >= 15 is 0 Å². The maximum atomic E-state index is 13.0. The Labute approximate surface area is 150 Å². The van der Waals surface area contributed by atoms with E-state index in [4.69, 9.17) is 11.5 Å². The van der Waals surface area contributed by atoms with Gasteiger partial charge in [-0.3, -0.25) is 4.79 Å². The maximum absolute atomic E-state index is 13.0. The Hall–Kier alpha value is -2.72. The molecule has 1 aromatic heterocycles. The highest BCUT2D eigenvalue weighted by Crippen LogP contribution is 2.32. The van der Waals surface area contributed by atoms with E-state index < -0.39 is 22.0 Å². The number of guanidine groups is 1. The Balaban J connectivity index is 2.17. The highest BCUT2D eigenvalue weighted by molar-refractivity contribution is 7.89. The number of aromatic nitrogens is 1. The number of aryl methyl sites for hydroxylation is 1. The van der Waals surface area contributed by atoms with Crippen LogP contribution >= 0.6 is 0 Å². The van der Waals surface area contributed by atoms with Crippen LogP contribution in [0.15, 0.2) is 34.3 Å². The monoisotopic (exact) mass is 377 g/mol. The van der Waals surface area contributed by atoms with Crippen LogP contribution in [0.3, 0.4) is 0 Å². The van der Waals surface area contributed by atoms with Crippen molar-refractivity contribution in [3.05, 3.63) is 30.0 Å². The third-order valence-electron chi connectivity index (χ3n) is 4.37. The number of nitrogens with two attached hydrogens (primary N) is 2. The summed E-state index contributed by atoms with van der Waals surface area (Å²) in [5.74, 6) is -1.13. The van der Waals surface area contributed by atoms with Crippen LogP contribution in [0.1, 0.15) is 18.4 Å². The number of hydrogen-bond donors (Lipinski definition) is 3. The number of sulfonamides is 1. The van der Waals surface area contributed by atoms with Crippen molar-refractivity contribution in [2.45, 2.75) is 30.7 Å². The fourth-order valence-electron chi connectivity index (χ4n) is 3.13. The van der Waals surface area contributed by atoms with Gasteiger partial charge < -0.3 is 16.6 Å². The average molecular weight is 377 g/mol. The van der Waals surface area contributed by atoms with Crippen LogP contribution in [0.2, 0.25) is 0 Å². The van der Waals surface area contributed by atoms with E-state index in [9.17, 15) is 18.3 Å². The third kappa shape index (κ3) is 3.08. The summed E-state index contributed by atoms with van der Waals surface area (Å²) in [6.07, 6.45) is 2.39. The van der Waals surface area contributed by atoms with E-state index in [1.807, 2.05) is 6.92 Å². The first-order valence-corrected chi connectivity index (χ1v) is 9.39. The number of fused-ring (bicyclic) bond motifs is 1. The van der Waals surface area contributed by atoms with Gasteiger partial charge in [-0.1, -0.05) is 6.07 Å². The molecule has 26 heavy (non-hydrogen) atoms. The molecule has 0 radical (unpaired) electrons. The minimum atomic E-state index is -3.97. The van der Waals surface area contributed by atoms with Gasteiger partial charge in [0, 0.05) is 18.1 Å². The van der Waals surface area contributed by atoms with Crippen LogP contribution in [0.25, 0.3) is 10.8 Å². The van der Waals surface area contributed by atoms with Gasteiger partial charge >= 0.3 is 5.97 Å². The molecule has 10 heteroatoms. The summed E-state index contributed by atoms with van der Waals surface area (Å²) in [5.41, 5.74) is 11.7. The normalized spacial score (nSPS) is 18.1. The van der Waals surface area contributed by atoms with Gasteiger partial charge in [0.2, 0.25) is 10.0 Å². The number of hydrogen-bond acceptors (Lipinski definition) is 5. The number of benzene rings is 1. The summed E-state index contributed by atoms with van der Waals surface area (Å²) in [4.78, 5) is 19.5. The molecule has 1 aliphatic rings. The number of rotatable bonds is 4. The largest absolute Gasteiger partial charge is 0.480 e. The van der Waals surface area contributed by atoms with Crippen molar-refractivity contribution in [1.29, 1.82) is 0 Å². The molecule has 0 amide bonds. The lowest BCUT2D eigenvalue weighted by Gasteiger charge is -2.21. The molecule has 2 heterocycles. The summed E-state index contributed by atoms with van der Waals surface area (Å²) < 4.78 is 27.0. The Morgan fingerprint density at radius 1 is 1.35 bits per heavy atom. The van der Waals surface area contributed by atoms with Crippen LogP contribution in [0, 0.1) is 6.92 Å². The van der Waals surface area contributed by atoms with E-state index in [1.54, 1.807) is 12.3 Å². The van der Waals surface area contributed by atoms with Gasteiger partial charge in [0.05, 0.1) is 4.90 Å². The summed E-state index contributed by atoms with van der Waals surface area (Å²) in [6, 6.07) is 3.49. The van der Waals surface area contributed by atoms with E-state index in [1.165, 1.54) is 12.1 Å². The third-order valence-corrected chi connectivity index (χ3v) is 6.27. The maximum Gasteiger partial charge on any atom is 0.322 e. The van der Waals surface area contributed by atoms with Gasteiger partial charge in [-0.25, -0.2) is 13.4 Å². The van der Waals surface area contributed by atoms with Crippen molar-refractivity contribution in [3.8, 4) is 0 Å². The molecule has 1 fully saturated rings. The lowest BCUT2D eigenvalue weighted by molar-refractivity contribution is -0.140. The van der Waals surface area contributed by atoms with Gasteiger partial charge in [0.15, 0.2) is 11.8 Å². The molecule has 0 bridgehead atoms. The van der Waals surface area contributed by atoms with Crippen molar-refractivity contribution in [1.82, 2.24) is 9.29 Å². The Bertz CT molecular complexity index is 1010. The zero-order valence-electron chi connectivity index (χ0n) is 14.1. The second-order valence-corrected chi connectivity index (χ2v) is 8.01. The quantitative estimate of drug-likeness (QED) is 0.523. The van der Waals surface area contributed by atoms with Gasteiger partial charge in [-0.2, -0.15) is 9.30 Å². The number of pyridine rings is 1. The van der Waals surface area contributed by atoms with Crippen LogP contribution in [-0.2, 0) is 14.8 Å². The predicted molar refractivity (Wildman–Crippen MR) is 96.5 cm³/mol. The van der Waals surface area contributed by atoms with Crippen LogP contribution < -0.4 is 11.5 Å². The molecule has 3 rings (SSSR count). The highest BCUT2D eigenvalue weighted by atomic mass is 32.2. The molecule has 1 saturated heterocycles. The molecule has 1 atom stereocenters. The van der Waals surface area contributed by atoms with Crippen molar-refractivity contribution >= 4 is 38.5 Å². The topological polar surface area (TPSA) is 152 Å². The number of carboxylic acids is 1. The number of carbonyl (C=O) groups is 1. The molecule has 9 nitrogen and oxygen atoms in total. The Kier molecular flexibility index (Phi) is 4.55. The summed E-state index contributed by atoms with van der Waals surface area (Å²) in [6.45, 7) is 2.01. The Morgan fingerprint density at radius 2 is 2.08 bits per heavy atom. The minimum absolute atomic E-state index is 0.0161. The number of carboxylic acid groups (broad SMARTS) is 1. The van der Waals surface area contributed by atoms with Gasteiger partial charge in [-0.15, -0.1) is 0 Å². The molecular weight excluding hydrogens is 358 g/mol. The van der Waals surface area contributed by atoms with E-state index in [0.29, 0.717) is 18.2 Å². The molecule has 5 N–H and O–H groups in total. The van der Waals surface area contributed by atoms with Gasteiger partial charge in [-0.05, 0) is 42.8 Å². The molecule has 1 aromatic carbocycles. The number of aliphatic imine (C=N–C) groups is 1. The molecule has 0 aliphatic carbocycles. The van der Waals surface area contributed by atoms with Gasteiger partial charge in [0.1, 0.15) is 6.04 Å². The fraction of sp³-hybridized carbons (Fsp3) is 0.312. The molecule has 0 saturated carbocycles.